The summed E-state index contributed by atoms with van der Waals surface area (Å²) in [5, 5.41) is 5.40. The van der Waals surface area contributed by atoms with Crippen LogP contribution < -0.4 is 20.1 Å². The molecule has 3 N–H and O–H groups in total. The molecule has 2 aromatic rings. The van der Waals surface area contributed by atoms with Crippen molar-refractivity contribution in [2.24, 2.45) is 17.8 Å². The highest BCUT2D eigenvalue weighted by Gasteiger charge is 2.60. The summed E-state index contributed by atoms with van der Waals surface area (Å²) in [6, 6.07) is 14.2. The van der Waals surface area contributed by atoms with E-state index in [-0.39, 0.29) is 36.3 Å². The van der Waals surface area contributed by atoms with E-state index in [0.29, 0.717) is 12.3 Å². The van der Waals surface area contributed by atoms with Crippen LogP contribution in [0.5, 0.6) is 5.75 Å². The van der Waals surface area contributed by atoms with E-state index in [1.807, 2.05) is 30.3 Å². The Balaban J connectivity index is 1.47. The number of alkyl carbamates (subject to hydrolysis) is 1. The summed E-state index contributed by atoms with van der Waals surface area (Å²) in [6.45, 7) is 12.6. The lowest BCUT2D eigenvalue weighted by Gasteiger charge is -2.32. The maximum atomic E-state index is 13.9. The summed E-state index contributed by atoms with van der Waals surface area (Å²) < 4.78 is 40.0. The number of amides is 4. The average Bonchev–Trinajstić information content (AvgIpc) is 3.52. The summed E-state index contributed by atoms with van der Waals surface area (Å²) >= 11 is 0. The van der Waals surface area contributed by atoms with Crippen molar-refractivity contribution < 1.29 is 37.1 Å². The number of carbonyl (C=O) groups excluding carboxylic acids is 4. The summed E-state index contributed by atoms with van der Waals surface area (Å²) in [5.74, 6) is -2.36. The van der Waals surface area contributed by atoms with Crippen LogP contribution in [0.4, 0.5) is 4.79 Å². The molecule has 4 amide bonds. The molecule has 0 saturated heterocycles. The SMILES string of the molecule is C=C[C@@H]1C[C@]1(NC(=O)CN(CC1CCCC1)C(=O)[C@@H](NC(=O)OC(C)(C)C)C(C)C)C(=O)NS(=O)(=O)c1cccc(OCc2ccccc2)c1. The molecule has 0 aromatic heterocycles. The van der Waals surface area contributed by atoms with Gasteiger partial charge in [-0.05, 0) is 69.6 Å². The first-order chi connectivity index (χ1) is 23.5. The van der Waals surface area contributed by atoms with Crippen LogP contribution in [-0.4, -0.2) is 67.4 Å². The van der Waals surface area contributed by atoms with Crippen LogP contribution in [0.1, 0.15) is 72.3 Å². The van der Waals surface area contributed by atoms with E-state index < -0.39 is 56.9 Å². The van der Waals surface area contributed by atoms with Crippen molar-refractivity contribution in [2.45, 2.75) is 95.4 Å². The summed E-state index contributed by atoms with van der Waals surface area (Å²) in [6.07, 6.45) is 4.72. The number of carbonyl (C=O) groups is 4. The number of hydrogen-bond acceptors (Lipinski definition) is 8. The maximum Gasteiger partial charge on any atom is 0.408 e. The van der Waals surface area contributed by atoms with E-state index >= 15 is 0 Å². The van der Waals surface area contributed by atoms with Gasteiger partial charge in [-0.15, -0.1) is 6.58 Å². The molecule has 2 aliphatic rings. The van der Waals surface area contributed by atoms with Crippen LogP contribution in [0.15, 0.2) is 72.1 Å². The van der Waals surface area contributed by atoms with Crippen molar-refractivity contribution in [2.75, 3.05) is 13.1 Å². The third kappa shape index (κ3) is 10.3. The van der Waals surface area contributed by atoms with Gasteiger partial charge in [0.1, 0.15) is 29.5 Å². The van der Waals surface area contributed by atoms with Gasteiger partial charge < -0.3 is 25.0 Å². The molecule has 0 aliphatic heterocycles. The highest BCUT2D eigenvalue weighted by Crippen LogP contribution is 2.45. The zero-order valence-electron chi connectivity index (χ0n) is 29.6. The third-order valence-corrected chi connectivity index (χ3v) is 10.2. The van der Waals surface area contributed by atoms with Crippen LogP contribution in [0.3, 0.4) is 0 Å². The van der Waals surface area contributed by atoms with Gasteiger partial charge in [0.2, 0.25) is 11.8 Å². The first kappa shape index (κ1) is 38.4. The molecule has 2 saturated carbocycles. The molecular formula is C37H50N4O8S. The molecule has 272 valence electrons. The Morgan fingerprint density at radius 2 is 1.72 bits per heavy atom. The molecule has 2 aromatic carbocycles. The van der Waals surface area contributed by atoms with Crippen LogP contribution in [-0.2, 0) is 35.8 Å². The van der Waals surface area contributed by atoms with Gasteiger partial charge in [0.05, 0.1) is 11.4 Å². The number of nitrogens with one attached hydrogen (secondary N) is 3. The van der Waals surface area contributed by atoms with Gasteiger partial charge in [0.25, 0.3) is 15.9 Å². The summed E-state index contributed by atoms with van der Waals surface area (Å²) in [4.78, 5) is 55.1. The van der Waals surface area contributed by atoms with Gasteiger partial charge in [0.15, 0.2) is 0 Å². The fourth-order valence-electron chi connectivity index (χ4n) is 6.12. The fourth-order valence-corrected chi connectivity index (χ4v) is 7.19. The van der Waals surface area contributed by atoms with E-state index in [1.165, 1.54) is 29.2 Å². The lowest BCUT2D eigenvalue weighted by molar-refractivity contribution is -0.140. The van der Waals surface area contributed by atoms with Gasteiger partial charge >= 0.3 is 6.09 Å². The quantitative estimate of drug-likeness (QED) is 0.224. The van der Waals surface area contributed by atoms with Crippen molar-refractivity contribution in [1.82, 2.24) is 20.3 Å². The van der Waals surface area contributed by atoms with Crippen molar-refractivity contribution in [3.8, 4) is 5.75 Å². The van der Waals surface area contributed by atoms with Crippen LogP contribution in [0, 0.1) is 17.8 Å². The molecule has 50 heavy (non-hydrogen) atoms. The minimum Gasteiger partial charge on any atom is -0.489 e. The van der Waals surface area contributed by atoms with Gasteiger partial charge in [-0.1, -0.05) is 69.2 Å². The van der Waals surface area contributed by atoms with Crippen LogP contribution in [0.25, 0.3) is 0 Å². The molecule has 12 nitrogen and oxygen atoms in total. The predicted molar refractivity (Wildman–Crippen MR) is 188 cm³/mol. The fraction of sp³-hybridized carbons (Fsp3) is 0.514. The monoisotopic (exact) mass is 710 g/mol. The molecule has 2 fully saturated rings. The molecular weight excluding hydrogens is 660 g/mol. The lowest BCUT2D eigenvalue weighted by Crippen LogP contribution is -2.57. The average molecular weight is 711 g/mol. The number of benzene rings is 2. The van der Waals surface area contributed by atoms with Gasteiger partial charge in [-0.2, -0.15) is 0 Å². The van der Waals surface area contributed by atoms with Crippen molar-refractivity contribution in [3.05, 3.63) is 72.8 Å². The second kappa shape index (κ2) is 16.1. The second-order valence-electron chi connectivity index (χ2n) is 14.5. The van der Waals surface area contributed by atoms with Crippen molar-refractivity contribution in [1.29, 1.82) is 0 Å². The Bertz CT molecular complexity index is 1650. The van der Waals surface area contributed by atoms with E-state index in [2.05, 4.69) is 21.9 Å². The Labute approximate surface area is 295 Å². The van der Waals surface area contributed by atoms with E-state index in [9.17, 15) is 27.6 Å². The lowest BCUT2D eigenvalue weighted by atomic mass is 10.0. The molecule has 0 bridgehead atoms. The Kier molecular flexibility index (Phi) is 12.4. The summed E-state index contributed by atoms with van der Waals surface area (Å²) in [5.41, 5.74) is -1.44. The largest absolute Gasteiger partial charge is 0.489 e. The molecule has 0 unspecified atom stereocenters. The molecule has 0 heterocycles. The smallest absolute Gasteiger partial charge is 0.408 e. The van der Waals surface area contributed by atoms with Crippen molar-refractivity contribution in [3.63, 3.8) is 0 Å². The molecule has 2 aliphatic carbocycles. The Morgan fingerprint density at radius 1 is 1.04 bits per heavy atom. The van der Waals surface area contributed by atoms with Gasteiger partial charge in [0, 0.05) is 18.5 Å². The van der Waals surface area contributed by atoms with Gasteiger partial charge in [-0.25, -0.2) is 17.9 Å². The minimum atomic E-state index is -4.35. The molecule has 4 rings (SSSR count). The highest BCUT2D eigenvalue weighted by atomic mass is 32.2. The topological polar surface area (TPSA) is 160 Å². The first-order valence-corrected chi connectivity index (χ1v) is 18.6. The number of nitrogens with zero attached hydrogens (tertiary/aromatic N) is 1. The normalized spacial score (nSPS) is 19.6. The van der Waals surface area contributed by atoms with E-state index in [4.69, 9.17) is 9.47 Å². The van der Waals surface area contributed by atoms with Crippen molar-refractivity contribution >= 4 is 33.8 Å². The first-order valence-electron chi connectivity index (χ1n) is 17.1. The number of sulfonamides is 1. The van der Waals surface area contributed by atoms with Crippen LogP contribution in [0.2, 0.25) is 0 Å². The van der Waals surface area contributed by atoms with Crippen LogP contribution >= 0.6 is 0 Å². The Hall–Kier alpha value is -4.39. The second-order valence-corrected chi connectivity index (χ2v) is 16.2. The molecule has 0 radical (unpaired) electrons. The van der Waals surface area contributed by atoms with E-state index in [0.717, 1.165) is 31.2 Å². The number of ether oxygens (including phenoxy) is 2. The molecule has 0 spiro atoms. The molecule has 3 atom stereocenters. The zero-order valence-corrected chi connectivity index (χ0v) is 30.4. The number of hydrogen-bond donors (Lipinski definition) is 3. The van der Waals surface area contributed by atoms with Gasteiger partial charge in [-0.3, -0.25) is 14.4 Å². The standard InChI is InChI=1S/C37H50N4O8S/c1-7-28-21-37(28,34(44)40-50(46,47)30-19-13-18-29(20-30)48-24-27-16-9-8-10-17-27)39-31(42)23-41(22-26-14-11-12-15-26)33(43)32(25(2)3)38-35(45)49-36(4,5)6/h7-10,13,16-20,25-26,28,32H,1,11-12,14-15,21-24H2,2-6H3,(H,38,45)(H,39,42)(H,40,44)/t28-,32+,37-/m1/s1. The van der Waals surface area contributed by atoms with E-state index in [1.54, 1.807) is 40.7 Å². The number of rotatable bonds is 15. The highest BCUT2D eigenvalue weighted by molar-refractivity contribution is 7.90. The zero-order chi connectivity index (χ0) is 36.7. The minimum absolute atomic E-state index is 0.134. The Morgan fingerprint density at radius 3 is 2.32 bits per heavy atom. The predicted octanol–water partition coefficient (Wildman–Crippen LogP) is 4.70. The summed E-state index contributed by atoms with van der Waals surface area (Å²) in [7, 11) is -4.35. The maximum absolute atomic E-state index is 13.9. The molecule has 13 heteroatoms. The third-order valence-electron chi connectivity index (χ3n) is 8.86.